The third-order valence-electron chi connectivity index (χ3n) is 3.32. The van der Waals surface area contributed by atoms with Crippen molar-refractivity contribution in [2.45, 2.75) is 38.8 Å². The lowest BCUT2D eigenvalue weighted by Gasteiger charge is -2.27. The molecule has 1 unspecified atom stereocenters. The molecule has 17 heavy (non-hydrogen) atoms. The molecule has 1 aromatic rings. The zero-order chi connectivity index (χ0) is 12.3. The summed E-state index contributed by atoms with van der Waals surface area (Å²) in [5.74, 6) is 0.721. The van der Waals surface area contributed by atoms with Crippen LogP contribution >= 0.6 is 0 Å². The summed E-state index contributed by atoms with van der Waals surface area (Å²) >= 11 is 0. The van der Waals surface area contributed by atoms with Crippen LogP contribution in [0.5, 0.6) is 0 Å². The van der Waals surface area contributed by atoms with E-state index in [0.717, 1.165) is 18.5 Å². The average molecular weight is 232 g/mol. The van der Waals surface area contributed by atoms with Gasteiger partial charge in [0.1, 0.15) is 0 Å². The summed E-state index contributed by atoms with van der Waals surface area (Å²) in [5.41, 5.74) is 7.55. The minimum absolute atomic E-state index is 0.149. The largest absolute Gasteiger partial charge is 0.323 e. The van der Waals surface area contributed by atoms with Gasteiger partial charge in [-0.2, -0.15) is 0 Å². The zero-order valence-electron chi connectivity index (χ0n) is 11.0. The highest BCUT2D eigenvalue weighted by atomic mass is 15.2. The minimum Gasteiger partial charge on any atom is -0.323 e. The molecule has 0 heterocycles. The van der Waals surface area contributed by atoms with Gasteiger partial charge in [-0.25, -0.2) is 0 Å². The smallest absolute Gasteiger partial charge is 0.0424 e. The highest BCUT2D eigenvalue weighted by Crippen LogP contribution is 2.29. The van der Waals surface area contributed by atoms with Gasteiger partial charge in [0.25, 0.3) is 0 Å². The van der Waals surface area contributed by atoms with Crippen LogP contribution in [-0.4, -0.2) is 24.0 Å². The van der Waals surface area contributed by atoms with Crippen LogP contribution in [0.3, 0.4) is 0 Å². The summed E-state index contributed by atoms with van der Waals surface area (Å²) in [6.07, 6.45) is 2.71. The maximum absolute atomic E-state index is 6.30. The van der Waals surface area contributed by atoms with Crippen LogP contribution in [-0.2, 0) is 0 Å². The summed E-state index contributed by atoms with van der Waals surface area (Å²) in [7, 11) is 0. The molecule has 0 saturated heterocycles. The Morgan fingerprint density at radius 3 is 2.35 bits per heavy atom. The Balaban J connectivity index is 1.93. The summed E-state index contributed by atoms with van der Waals surface area (Å²) in [4.78, 5) is 2.57. The second kappa shape index (κ2) is 5.65. The Bertz CT molecular complexity index is 330. The molecular weight excluding hydrogens is 208 g/mol. The molecular formula is C15H24N2. The van der Waals surface area contributed by atoms with E-state index in [4.69, 9.17) is 5.73 Å². The fourth-order valence-electron chi connectivity index (χ4n) is 2.34. The molecule has 0 spiro atoms. The van der Waals surface area contributed by atoms with Crippen molar-refractivity contribution in [1.82, 2.24) is 4.90 Å². The second-order valence-corrected chi connectivity index (χ2v) is 5.60. The number of benzene rings is 1. The quantitative estimate of drug-likeness (QED) is 0.817. The van der Waals surface area contributed by atoms with Crippen LogP contribution in [0.1, 0.15) is 38.3 Å². The molecule has 2 N–H and O–H groups in total. The van der Waals surface area contributed by atoms with Crippen molar-refractivity contribution >= 4 is 0 Å². The van der Waals surface area contributed by atoms with Crippen LogP contribution in [0.15, 0.2) is 30.3 Å². The second-order valence-electron chi connectivity index (χ2n) is 5.60. The molecule has 2 rings (SSSR count). The lowest BCUT2D eigenvalue weighted by atomic mass is 10.1. The zero-order valence-corrected chi connectivity index (χ0v) is 11.0. The molecule has 1 aromatic carbocycles. The van der Waals surface area contributed by atoms with E-state index in [2.05, 4.69) is 43.0 Å². The van der Waals surface area contributed by atoms with Gasteiger partial charge in [-0.3, -0.25) is 4.90 Å². The first-order chi connectivity index (χ1) is 8.16. The normalized spacial score (nSPS) is 17.7. The highest BCUT2D eigenvalue weighted by molar-refractivity contribution is 5.18. The van der Waals surface area contributed by atoms with Crippen molar-refractivity contribution in [3.63, 3.8) is 0 Å². The maximum Gasteiger partial charge on any atom is 0.0424 e. The average Bonchev–Trinajstić information content (AvgIpc) is 3.12. The summed E-state index contributed by atoms with van der Waals surface area (Å²) in [6, 6.07) is 11.4. The maximum atomic E-state index is 6.30. The van der Waals surface area contributed by atoms with E-state index in [9.17, 15) is 0 Å². The molecule has 0 amide bonds. The number of rotatable bonds is 6. The Labute approximate surface area is 105 Å². The Hall–Kier alpha value is -0.860. The Morgan fingerprint density at radius 2 is 1.82 bits per heavy atom. The van der Waals surface area contributed by atoms with Gasteiger partial charge >= 0.3 is 0 Å². The van der Waals surface area contributed by atoms with Crippen LogP contribution in [0.25, 0.3) is 0 Å². The van der Waals surface area contributed by atoms with Gasteiger partial charge < -0.3 is 5.73 Å². The topological polar surface area (TPSA) is 29.3 Å². The lowest BCUT2D eigenvalue weighted by molar-refractivity contribution is 0.221. The van der Waals surface area contributed by atoms with E-state index in [1.165, 1.54) is 24.9 Å². The third-order valence-corrected chi connectivity index (χ3v) is 3.32. The lowest BCUT2D eigenvalue weighted by Crippen LogP contribution is -2.36. The third kappa shape index (κ3) is 3.83. The number of nitrogens with zero attached hydrogens (tertiary/aromatic N) is 1. The van der Waals surface area contributed by atoms with Gasteiger partial charge in [-0.05, 0) is 24.3 Å². The highest BCUT2D eigenvalue weighted by Gasteiger charge is 2.30. The van der Waals surface area contributed by atoms with Crippen molar-refractivity contribution in [1.29, 1.82) is 0 Å². The van der Waals surface area contributed by atoms with Crippen molar-refractivity contribution in [3.05, 3.63) is 35.9 Å². The van der Waals surface area contributed by atoms with Crippen LogP contribution < -0.4 is 5.73 Å². The van der Waals surface area contributed by atoms with Gasteiger partial charge in [0.05, 0.1) is 0 Å². The van der Waals surface area contributed by atoms with Crippen molar-refractivity contribution < 1.29 is 0 Å². The molecule has 0 bridgehead atoms. The van der Waals surface area contributed by atoms with E-state index in [-0.39, 0.29) is 6.04 Å². The van der Waals surface area contributed by atoms with Gasteiger partial charge in [0.2, 0.25) is 0 Å². The SMILES string of the molecule is CC(C)CN(CC(N)c1ccccc1)C1CC1. The summed E-state index contributed by atoms with van der Waals surface area (Å²) in [5, 5.41) is 0. The van der Waals surface area contributed by atoms with E-state index < -0.39 is 0 Å². The Kier molecular flexibility index (Phi) is 4.19. The van der Waals surface area contributed by atoms with Crippen LogP contribution in [0, 0.1) is 5.92 Å². The standard InChI is InChI=1S/C15H24N2/c1-12(2)10-17(14-8-9-14)11-15(16)13-6-4-3-5-7-13/h3-7,12,14-15H,8-11,16H2,1-2H3. The van der Waals surface area contributed by atoms with Gasteiger partial charge in [0, 0.05) is 25.2 Å². The number of nitrogens with two attached hydrogens (primary N) is 1. The number of hydrogen-bond acceptors (Lipinski definition) is 2. The molecule has 94 valence electrons. The van der Waals surface area contributed by atoms with E-state index in [0.29, 0.717) is 0 Å². The molecule has 2 heteroatoms. The van der Waals surface area contributed by atoms with Crippen molar-refractivity contribution in [3.8, 4) is 0 Å². The van der Waals surface area contributed by atoms with Gasteiger partial charge in [-0.15, -0.1) is 0 Å². The van der Waals surface area contributed by atoms with E-state index in [1.807, 2.05) is 6.07 Å². The van der Waals surface area contributed by atoms with Crippen LogP contribution in [0.4, 0.5) is 0 Å². The molecule has 1 aliphatic carbocycles. The first-order valence-corrected chi connectivity index (χ1v) is 6.71. The van der Waals surface area contributed by atoms with Crippen LogP contribution in [0.2, 0.25) is 0 Å². The first kappa shape index (κ1) is 12.6. The minimum atomic E-state index is 0.149. The molecule has 1 atom stereocenters. The predicted octanol–water partition coefficient (Wildman–Crippen LogP) is 2.81. The monoisotopic (exact) mass is 232 g/mol. The molecule has 1 fully saturated rings. The van der Waals surface area contributed by atoms with E-state index >= 15 is 0 Å². The van der Waals surface area contributed by atoms with Gasteiger partial charge in [-0.1, -0.05) is 44.2 Å². The summed E-state index contributed by atoms with van der Waals surface area (Å²) < 4.78 is 0. The van der Waals surface area contributed by atoms with Crippen molar-refractivity contribution in [2.75, 3.05) is 13.1 Å². The molecule has 2 nitrogen and oxygen atoms in total. The molecule has 0 radical (unpaired) electrons. The van der Waals surface area contributed by atoms with E-state index in [1.54, 1.807) is 0 Å². The summed E-state index contributed by atoms with van der Waals surface area (Å²) in [6.45, 7) is 6.73. The molecule has 1 saturated carbocycles. The fourth-order valence-corrected chi connectivity index (χ4v) is 2.34. The number of hydrogen-bond donors (Lipinski definition) is 1. The molecule has 1 aliphatic rings. The predicted molar refractivity (Wildman–Crippen MR) is 72.8 cm³/mol. The van der Waals surface area contributed by atoms with Crippen molar-refractivity contribution in [2.24, 2.45) is 11.7 Å². The Morgan fingerprint density at radius 1 is 1.18 bits per heavy atom. The fraction of sp³-hybridized carbons (Fsp3) is 0.600. The molecule has 0 aliphatic heterocycles. The first-order valence-electron chi connectivity index (χ1n) is 6.71. The van der Waals surface area contributed by atoms with Gasteiger partial charge in [0.15, 0.2) is 0 Å². The molecule has 0 aromatic heterocycles.